The van der Waals surface area contributed by atoms with Gasteiger partial charge in [-0.2, -0.15) is 0 Å². The first-order valence-corrected chi connectivity index (χ1v) is 16.6. The maximum absolute atomic E-state index is 14.8. The summed E-state index contributed by atoms with van der Waals surface area (Å²) in [5, 5.41) is 4.91. The van der Waals surface area contributed by atoms with Crippen LogP contribution in [0.3, 0.4) is 0 Å². The molecule has 6 rings (SSSR count). The third-order valence-corrected chi connectivity index (χ3v) is 9.62. The summed E-state index contributed by atoms with van der Waals surface area (Å²) < 4.78 is 6.21. The number of ether oxygens (including phenoxy) is 1. The van der Waals surface area contributed by atoms with Crippen molar-refractivity contribution in [1.29, 1.82) is 0 Å². The van der Waals surface area contributed by atoms with Crippen LogP contribution in [0.25, 0.3) is 10.9 Å². The van der Waals surface area contributed by atoms with E-state index in [4.69, 9.17) is 16.3 Å². The SMILES string of the molecule is Cc1ccc(OC2CCN(C(=O)N[C@@H](C(=O)N3C[C@@H](CN(C)C)Cc4cc(Cl)ccc43)[C@H](C)c3c[nH]c4ccccc34)CC2)cc1. The number of nitrogens with zero attached hydrogens (tertiary/aromatic N) is 3. The van der Waals surface area contributed by atoms with E-state index >= 15 is 0 Å². The van der Waals surface area contributed by atoms with Crippen LogP contribution in [0.15, 0.2) is 72.9 Å². The normalized spacial score (nSPS) is 18.3. The van der Waals surface area contributed by atoms with Crippen molar-refractivity contribution < 1.29 is 14.3 Å². The number of anilines is 1. The molecule has 3 amide bonds. The van der Waals surface area contributed by atoms with Crippen LogP contribution in [-0.2, 0) is 11.2 Å². The lowest BCUT2D eigenvalue weighted by Gasteiger charge is -2.39. The highest BCUT2D eigenvalue weighted by Gasteiger charge is 2.38. The molecule has 0 saturated carbocycles. The largest absolute Gasteiger partial charge is 0.490 e. The Morgan fingerprint density at radius 1 is 1.07 bits per heavy atom. The number of nitrogens with one attached hydrogen (secondary N) is 2. The second-order valence-electron chi connectivity index (χ2n) is 13.2. The smallest absolute Gasteiger partial charge is 0.318 e. The molecule has 3 aromatic carbocycles. The van der Waals surface area contributed by atoms with Gasteiger partial charge in [0.2, 0.25) is 5.91 Å². The van der Waals surface area contributed by atoms with Crippen molar-refractivity contribution in [3.63, 3.8) is 0 Å². The molecule has 46 heavy (non-hydrogen) atoms. The fourth-order valence-corrected chi connectivity index (χ4v) is 7.18. The molecule has 0 bridgehead atoms. The highest BCUT2D eigenvalue weighted by atomic mass is 35.5. The summed E-state index contributed by atoms with van der Waals surface area (Å²) in [6, 6.07) is 20.9. The van der Waals surface area contributed by atoms with Crippen LogP contribution in [0.5, 0.6) is 5.75 Å². The number of piperidine rings is 1. The summed E-state index contributed by atoms with van der Waals surface area (Å²) in [6.07, 6.45) is 4.30. The van der Waals surface area contributed by atoms with Crippen molar-refractivity contribution in [3.05, 3.63) is 94.6 Å². The molecule has 2 aliphatic rings. The fraction of sp³-hybridized carbons (Fsp3) is 0.405. The third kappa shape index (κ3) is 7.03. The topological polar surface area (TPSA) is 80.9 Å². The molecule has 1 aromatic heterocycles. The number of carbonyl (C=O) groups excluding carboxylic acids is 2. The average molecular weight is 642 g/mol. The number of benzene rings is 3. The highest BCUT2D eigenvalue weighted by Crippen LogP contribution is 2.35. The van der Waals surface area contributed by atoms with E-state index in [0.29, 0.717) is 24.7 Å². The lowest BCUT2D eigenvalue weighted by molar-refractivity contribution is -0.121. The van der Waals surface area contributed by atoms with E-state index in [1.807, 2.05) is 83.6 Å². The van der Waals surface area contributed by atoms with E-state index < -0.39 is 6.04 Å². The van der Waals surface area contributed by atoms with E-state index in [0.717, 1.165) is 59.3 Å². The van der Waals surface area contributed by atoms with E-state index in [1.165, 1.54) is 5.56 Å². The predicted octanol–water partition coefficient (Wildman–Crippen LogP) is 6.62. The zero-order chi connectivity index (χ0) is 32.4. The van der Waals surface area contributed by atoms with Gasteiger partial charge in [0.25, 0.3) is 0 Å². The van der Waals surface area contributed by atoms with Crippen molar-refractivity contribution >= 4 is 40.1 Å². The zero-order valence-electron chi connectivity index (χ0n) is 27.1. The van der Waals surface area contributed by atoms with E-state index in [2.05, 4.69) is 42.3 Å². The monoisotopic (exact) mass is 641 g/mol. The second-order valence-corrected chi connectivity index (χ2v) is 13.6. The number of hydrogen-bond acceptors (Lipinski definition) is 4. The molecule has 0 unspecified atom stereocenters. The van der Waals surface area contributed by atoms with Gasteiger partial charge < -0.3 is 29.7 Å². The van der Waals surface area contributed by atoms with Gasteiger partial charge in [-0.15, -0.1) is 0 Å². The molecule has 2 aliphatic heterocycles. The molecule has 4 aromatic rings. The zero-order valence-corrected chi connectivity index (χ0v) is 27.9. The number of fused-ring (bicyclic) bond motifs is 2. The first-order valence-electron chi connectivity index (χ1n) is 16.3. The molecule has 9 heteroatoms. The van der Waals surface area contributed by atoms with Gasteiger partial charge in [0.15, 0.2) is 0 Å². The van der Waals surface area contributed by atoms with Crippen LogP contribution >= 0.6 is 11.6 Å². The summed E-state index contributed by atoms with van der Waals surface area (Å²) in [4.78, 5) is 37.9. The molecule has 3 heterocycles. The van der Waals surface area contributed by atoms with Gasteiger partial charge in [-0.25, -0.2) is 4.79 Å². The maximum atomic E-state index is 14.8. The Labute approximate surface area is 276 Å². The molecule has 8 nitrogen and oxygen atoms in total. The summed E-state index contributed by atoms with van der Waals surface area (Å²) in [5.74, 6) is 0.676. The molecule has 3 atom stereocenters. The van der Waals surface area contributed by atoms with Crippen molar-refractivity contribution in [2.75, 3.05) is 45.2 Å². The number of hydrogen-bond donors (Lipinski definition) is 2. The third-order valence-electron chi connectivity index (χ3n) is 9.38. The summed E-state index contributed by atoms with van der Waals surface area (Å²) in [5.41, 5.74) is 5.11. The summed E-state index contributed by atoms with van der Waals surface area (Å²) in [7, 11) is 4.10. The van der Waals surface area contributed by atoms with Crippen LogP contribution < -0.4 is 15.0 Å². The van der Waals surface area contributed by atoms with Gasteiger partial charge in [0, 0.05) is 72.7 Å². The van der Waals surface area contributed by atoms with E-state index in [-0.39, 0.29) is 29.9 Å². The van der Waals surface area contributed by atoms with Gasteiger partial charge in [0.1, 0.15) is 17.9 Å². The van der Waals surface area contributed by atoms with Crippen LogP contribution in [0.1, 0.15) is 42.4 Å². The Morgan fingerprint density at radius 2 is 1.80 bits per heavy atom. The van der Waals surface area contributed by atoms with Crippen molar-refractivity contribution in [2.45, 2.75) is 51.2 Å². The maximum Gasteiger partial charge on any atom is 0.318 e. The quantitative estimate of drug-likeness (QED) is 0.227. The number of amides is 3. The molecule has 0 radical (unpaired) electrons. The average Bonchev–Trinajstić information content (AvgIpc) is 3.48. The van der Waals surface area contributed by atoms with Gasteiger partial charge in [0.05, 0.1) is 0 Å². The fourth-order valence-electron chi connectivity index (χ4n) is 6.99. The number of likely N-dealkylation sites (tertiary alicyclic amines) is 1. The lowest BCUT2D eigenvalue weighted by atomic mass is 9.88. The molecule has 1 fully saturated rings. The van der Waals surface area contributed by atoms with Crippen LogP contribution in [0.4, 0.5) is 10.5 Å². The number of aromatic amines is 1. The van der Waals surface area contributed by atoms with Gasteiger partial charge in [-0.1, -0.05) is 54.4 Å². The van der Waals surface area contributed by atoms with Gasteiger partial charge >= 0.3 is 6.03 Å². The minimum Gasteiger partial charge on any atom is -0.490 e. The van der Waals surface area contributed by atoms with Crippen molar-refractivity contribution in [1.82, 2.24) is 20.1 Å². The predicted molar refractivity (Wildman–Crippen MR) is 185 cm³/mol. The van der Waals surface area contributed by atoms with Gasteiger partial charge in [-0.05, 0) is 80.9 Å². The minimum absolute atomic E-state index is 0.0413. The van der Waals surface area contributed by atoms with Crippen molar-refractivity contribution in [2.24, 2.45) is 5.92 Å². The number of H-pyrrole nitrogens is 1. The first kappa shape index (κ1) is 32.0. The molecule has 1 saturated heterocycles. The van der Waals surface area contributed by atoms with Crippen molar-refractivity contribution in [3.8, 4) is 5.75 Å². The number of rotatable bonds is 8. The Balaban J connectivity index is 1.24. The number of aromatic nitrogens is 1. The molecular weight excluding hydrogens is 598 g/mol. The Kier molecular flexibility index (Phi) is 9.57. The minimum atomic E-state index is -0.783. The van der Waals surface area contributed by atoms with Gasteiger partial charge in [-0.3, -0.25) is 4.79 Å². The van der Waals surface area contributed by atoms with Crippen LogP contribution in [0.2, 0.25) is 5.02 Å². The number of urea groups is 1. The molecule has 0 aliphatic carbocycles. The van der Waals surface area contributed by atoms with E-state index in [1.54, 1.807) is 0 Å². The second kappa shape index (κ2) is 13.8. The first-order chi connectivity index (χ1) is 22.2. The molecule has 0 spiro atoms. The standard InChI is InChI=1S/C37H44ClN5O3/c1-24-9-12-29(13-10-24)46-30-15-17-42(18-16-30)37(45)40-35(25(2)32-21-39-33-8-6-5-7-31(32)33)36(44)43-23-26(22-41(3)4)19-27-20-28(38)11-14-34(27)43/h5-14,20-21,25-26,30,35,39H,15-19,22-23H2,1-4H3,(H,40,45)/t25-,26-,35-/m1/s1. The summed E-state index contributed by atoms with van der Waals surface area (Å²) in [6.45, 7) is 6.61. The number of halogens is 1. The number of para-hydroxylation sites is 1. The van der Waals surface area contributed by atoms with Crippen LogP contribution in [-0.4, -0.2) is 79.1 Å². The number of aryl methyl sites for hydroxylation is 1. The Bertz CT molecular complexity index is 1680. The van der Waals surface area contributed by atoms with Crippen LogP contribution in [0, 0.1) is 12.8 Å². The lowest BCUT2D eigenvalue weighted by Crippen LogP contribution is -2.57. The summed E-state index contributed by atoms with van der Waals surface area (Å²) >= 11 is 6.42. The van der Waals surface area contributed by atoms with E-state index in [9.17, 15) is 9.59 Å². The highest BCUT2D eigenvalue weighted by molar-refractivity contribution is 6.30. The Morgan fingerprint density at radius 3 is 2.54 bits per heavy atom. The molecule has 242 valence electrons. The Hall–Kier alpha value is -4.01. The number of carbonyl (C=O) groups is 2. The molecular formula is C37H44ClN5O3. The molecule has 2 N–H and O–H groups in total.